The molecule has 3 aromatic rings. The van der Waals surface area contributed by atoms with E-state index in [0.29, 0.717) is 16.7 Å². The van der Waals surface area contributed by atoms with E-state index in [0.717, 1.165) is 16.8 Å². The average Bonchev–Trinajstić information content (AvgIpc) is 3.16. The summed E-state index contributed by atoms with van der Waals surface area (Å²) < 4.78 is 6.67. The molecule has 2 aromatic heterocycles. The van der Waals surface area contributed by atoms with E-state index >= 15 is 0 Å². The number of amides is 1. The quantitative estimate of drug-likeness (QED) is 0.700. The van der Waals surface area contributed by atoms with Gasteiger partial charge in [0.2, 0.25) is 16.9 Å². The van der Waals surface area contributed by atoms with Crippen molar-refractivity contribution in [2.45, 2.75) is 38.1 Å². The van der Waals surface area contributed by atoms with Crippen LogP contribution < -0.4 is 5.32 Å². The third-order valence-electron chi connectivity index (χ3n) is 3.62. The molecule has 0 aliphatic carbocycles. The SMILES string of the molecule is Cc1cc(NC(=O)[C@@H](C)Sc2nnnn2-c2c(C)cccc2C)on1. The summed E-state index contributed by atoms with van der Waals surface area (Å²) in [6.07, 6.45) is 0. The number of carbonyl (C=O) groups is 1. The van der Waals surface area contributed by atoms with Crippen LogP contribution in [-0.2, 0) is 4.79 Å². The number of benzene rings is 1. The van der Waals surface area contributed by atoms with Crippen molar-refractivity contribution in [3.05, 3.63) is 41.1 Å². The molecule has 9 heteroatoms. The van der Waals surface area contributed by atoms with Gasteiger partial charge in [-0.3, -0.25) is 10.1 Å². The van der Waals surface area contributed by atoms with E-state index in [1.54, 1.807) is 24.6 Å². The van der Waals surface area contributed by atoms with Gasteiger partial charge in [0.05, 0.1) is 16.6 Å². The van der Waals surface area contributed by atoms with Crippen molar-refractivity contribution in [1.82, 2.24) is 25.4 Å². The van der Waals surface area contributed by atoms with E-state index < -0.39 is 5.25 Å². The Bertz CT molecular complexity index is 883. The predicted octanol–water partition coefficient (Wildman–Crippen LogP) is 2.69. The molecular weight excluding hydrogens is 340 g/mol. The van der Waals surface area contributed by atoms with Crippen molar-refractivity contribution in [1.29, 1.82) is 0 Å². The summed E-state index contributed by atoms with van der Waals surface area (Å²) in [6, 6.07) is 7.65. The molecule has 0 saturated heterocycles. The minimum Gasteiger partial charge on any atom is -0.338 e. The second kappa shape index (κ2) is 7.06. The molecule has 1 amide bonds. The van der Waals surface area contributed by atoms with Gasteiger partial charge >= 0.3 is 0 Å². The Labute approximate surface area is 149 Å². The van der Waals surface area contributed by atoms with Gasteiger partial charge in [-0.15, -0.1) is 5.10 Å². The maximum Gasteiger partial charge on any atom is 0.240 e. The van der Waals surface area contributed by atoms with Crippen LogP contribution in [0.1, 0.15) is 23.7 Å². The Morgan fingerprint density at radius 2 is 2.00 bits per heavy atom. The lowest BCUT2D eigenvalue weighted by Crippen LogP contribution is -2.22. The van der Waals surface area contributed by atoms with E-state index in [1.165, 1.54) is 11.8 Å². The summed E-state index contributed by atoms with van der Waals surface area (Å²) in [7, 11) is 0. The van der Waals surface area contributed by atoms with Crippen molar-refractivity contribution < 1.29 is 9.32 Å². The van der Waals surface area contributed by atoms with Crippen molar-refractivity contribution >= 4 is 23.6 Å². The van der Waals surface area contributed by atoms with Crippen LogP contribution in [0.25, 0.3) is 5.69 Å². The molecule has 8 nitrogen and oxygen atoms in total. The van der Waals surface area contributed by atoms with Crippen LogP contribution in [0.3, 0.4) is 0 Å². The number of hydrogen-bond acceptors (Lipinski definition) is 7. The second-order valence-corrected chi connectivity index (χ2v) is 7.00. The fraction of sp³-hybridized carbons (Fsp3) is 0.312. The lowest BCUT2D eigenvalue weighted by molar-refractivity contribution is -0.115. The third kappa shape index (κ3) is 3.71. The van der Waals surface area contributed by atoms with E-state index in [-0.39, 0.29) is 5.91 Å². The summed E-state index contributed by atoms with van der Waals surface area (Å²) in [5.41, 5.74) is 3.75. The molecule has 0 bridgehead atoms. The zero-order valence-electron chi connectivity index (χ0n) is 14.3. The smallest absolute Gasteiger partial charge is 0.240 e. The summed E-state index contributed by atoms with van der Waals surface area (Å²) in [6.45, 7) is 7.57. The summed E-state index contributed by atoms with van der Waals surface area (Å²) in [5, 5.41) is 18.5. The maximum absolute atomic E-state index is 12.3. The average molecular weight is 358 g/mol. The normalized spacial score (nSPS) is 12.2. The molecule has 0 radical (unpaired) electrons. The number of carbonyl (C=O) groups excluding carboxylic acids is 1. The number of nitrogens with one attached hydrogen (secondary N) is 1. The number of tetrazole rings is 1. The van der Waals surface area contributed by atoms with Crippen LogP contribution in [0.5, 0.6) is 0 Å². The van der Waals surface area contributed by atoms with Gasteiger partial charge in [-0.05, 0) is 49.2 Å². The topological polar surface area (TPSA) is 98.7 Å². The van der Waals surface area contributed by atoms with Crippen LogP contribution in [-0.4, -0.2) is 36.5 Å². The third-order valence-corrected chi connectivity index (χ3v) is 4.65. The lowest BCUT2D eigenvalue weighted by Gasteiger charge is -2.13. The fourth-order valence-corrected chi connectivity index (χ4v) is 3.18. The van der Waals surface area contributed by atoms with Crippen molar-refractivity contribution in [2.24, 2.45) is 0 Å². The molecule has 0 fully saturated rings. The van der Waals surface area contributed by atoms with E-state index in [4.69, 9.17) is 4.52 Å². The lowest BCUT2D eigenvalue weighted by atomic mass is 10.1. The van der Waals surface area contributed by atoms with E-state index in [2.05, 4.69) is 26.0 Å². The van der Waals surface area contributed by atoms with Gasteiger partial charge in [0.25, 0.3) is 0 Å². The van der Waals surface area contributed by atoms with Crippen LogP contribution in [0, 0.1) is 20.8 Å². The van der Waals surface area contributed by atoms with Gasteiger partial charge in [-0.25, -0.2) is 0 Å². The molecule has 0 spiro atoms. The summed E-state index contributed by atoms with van der Waals surface area (Å²) in [4.78, 5) is 12.3. The first kappa shape index (κ1) is 17.2. The molecule has 0 aliphatic rings. The largest absolute Gasteiger partial charge is 0.338 e. The van der Waals surface area contributed by atoms with Crippen molar-refractivity contribution in [3.63, 3.8) is 0 Å². The van der Waals surface area contributed by atoms with E-state index in [1.807, 2.05) is 32.0 Å². The molecule has 0 aliphatic heterocycles. The number of aryl methyl sites for hydroxylation is 3. The molecule has 130 valence electrons. The number of anilines is 1. The Kier molecular flexibility index (Phi) is 4.84. The molecule has 25 heavy (non-hydrogen) atoms. The number of hydrogen-bond donors (Lipinski definition) is 1. The molecule has 0 saturated carbocycles. The zero-order valence-corrected chi connectivity index (χ0v) is 15.2. The predicted molar refractivity (Wildman–Crippen MR) is 93.8 cm³/mol. The van der Waals surface area contributed by atoms with E-state index in [9.17, 15) is 4.79 Å². The molecule has 1 N–H and O–H groups in total. The van der Waals surface area contributed by atoms with Gasteiger partial charge in [-0.2, -0.15) is 4.68 Å². The van der Waals surface area contributed by atoms with Crippen molar-refractivity contribution in [3.8, 4) is 5.69 Å². The van der Waals surface area contributed by atoms with Gasteiger partial charge in [0.15, 0.2) is 0 Å². The first-order valence-electron chi connectivity index (χ1n) is 7.71. The highest BCUT2D eigenvalue weighted by Gasteiger charge is 2.21. The number of para-hydroxylation sites is 1. The zero-order chi connectivity index (χ0) is 18.0. The van der Waals surface area contributed by atoms with Gasteiger partial charge in [-0.1, -0.05) is 35.1 Å². The number of aromatic nitrogens is 5. The van der Waals surface area contributed by atoms with Crippen molar-refractivity contribution in [2.75, 3.05) is 5.32 Å². The first-order valence-corrected chi connectivity index (χ1v) is 8.59. The maximum atomic E-state index is 12.3. The molecule has 0 unspecified atom stereocenters. The summed E-state index contributed by atoms with van der Waals surface area (Å²) in [5.74, 6) is 0.112. The number of rotatable bonds is 5. The van der Waals surface area contributed by atoms with Crippen LogP contribution in [0.15, 0.2) is 33.9 Å². The molecule has 2 heterocycles. The molecule has 1 aromatic carbocycles. The number of thioether (sulfide) groups is 1. The highest BCUT2D eigenvalue weighted by molar-refractivity contribution is 8.00. The van der Waals surface area contributed by atoms with Gasteiger partial charge in [0.1, 0.15) is 0 Å². The highest BCUT2D eigenvalue weighted by atomic mass is 32.2. The fourth-order valence-electron chi connectivity index (χ4n) is 2.39. The Morgan fingerprint density at radius 1 is 1.28 bits per heavy atom. The Morgan fingerprint density at radius 3 is 2.64 bits per heavy atom. The van der Waals surface area contributed by atoms with Gasteiger partial charge < -0.3 is 4.52 Å². The van der Waals surface area contributed by atoms with Crippen LogP contribution >= 0.6 is 11.8 Å². The second-order valence-electron chi connectivity index (χ2n) is 5.70. The Balaban J connectivity index is 1.78. The molecular formula is C16H18N6O2S. The van der Waals surface area contributed by atoms with Crippen LogP contribution in [0.2, 0.25) is 0 Å². The highest BCUT2D eigenvalue weighted by Crippen LogP contribution is 2.26. The first-order chi connectivity index (χ1) is 12.0. The molecule has 3 rings (SSSR count). The van der Waals surface area contributed by atoms with Crippen LogP contribution in [0.4, 0.5) is 5.88 Å². The standard InChI is InChI=1S/C16H18N6O2S/c1-9-6-5-7-10(2)14(9)22-16(18-20-21-22)25-12(4)15(23)17-13-8-11(3)19-24-13/h5-8,12H,1-4H3,(H,17,23)/t12-/m1/s1. The van der Waals surface area contributed by atoms with Gasteiger partial charge in [0, 0.05) is 6.07 Å². The number of nitrogens with zero attached hydrogens (tertiary/aromatic N) is 5. The minimum atomic E-state index is -0.417. The summed E-state index contributed by atoms with van der Waals surface area (Å²) >= 11 is 1.28. The Hall–Kier alpha value is -2.68. The monoisotopic (exact) mass is 358 g/mol. The minimum absolute atomic E-state index is 0.211. The molecule has 1 atom stereocenters.